The SMILES string of the molecule is CC1(C)O[C@@H]2[C@@H](O1)[C@@H](COc1ccccc1)N(Cc1ccccc1)S(=O)(=O)N(Cc1ccccc1)[C@@H]2COc1ccccc1. The molecule has 44 heavy (non-hydrogen) atoms. The number of hydrogen-bond donors (Lipinski definition) is 0. The lowest BCUT2D eigenvalue weighted by atomic mass is 9.99. The van der Waals surface area contributed by atoms with Gasteiger partial charge in [-0.2, -0.15) is 17.0 Å². The Labute approximate surface area is 259 Å². The topological polar surface area (TPSA) is 77.5 Å². The van der Waals surface area contributed by atoms with Crippen LogP contribution in [0.1, 0.15) is 25.0 Å². The monoisotopic (exact) mass is 614 g/mol. The summed E-state index contributed by atoms with van der Waals surface area (Å²) in [5.41, 5.74) is 1.71. The second kappa shape index (κ2) is 13.1. The van der Waals surface area contributed by atoms with Crippen molar-refractivity contribution in [2.75, 3.05) is 13.2 Å². The number of para-hydroxylation sites is 2. The molecule has 4 aromatic carbocycles. The quantitative estimate of drug-likeness (QED) is 0.229. The molecule has 2 aliphatic rings. The number of nitrogens with zero attached hydrogens (tertiary/aromatic N) is 2. The third-order valence-corrected chi connectivity index (χ3v) is 9.93. The molecule has 4 atom stereocenters. The summed E-state index contributed by atoms with van der Waals surface area (Å²) >= 11 is 0. The standard InChI is InChI=1S/C35H38N2O6S/c1-35(2)42-33-31(25-40-29-19-11-5-12-20-29)36(23-27-15-7-3-8-16-27)44(38,39)37(24-28-17-9-4-10-18-28)32(34(33)43-35)26-41-30-21-13-6-14-22-30/h3-22,31-34H,23-26H2,1-2H3/t31-,32-,33+,34+/m1/s1. The molecular formula is C35H38N2O6S. The Morgan fingerprint density at radius 3 is 1.30 bits per heavy atom. The lowest BCUT2D eigenvalue weighted by molar-refractivity contribution is -0.156. The lowest BCUT2D eigenvalue weighted by Crippen LogP contribution is -2.53. The number of hydrogen-bond acceptors (Lipinski definition) is 6. The minimum Gasteiger partial charge on any atom is -0.492 e. The highest BCUT2D eigenvalue weighted by Gasteiger charge is 2.58. The molecule has 230 valence electrons. The highest BCUT2D eigenvalue weighted by Crippen LogP contribution is 2.41. The first-order valence-corrected chi connectivity index (χ1v) is 16.3. The summed E-state index contributed by atoms with van der Waals surface area (Å²) in [6.07, 6.45) is -1.28. The first-order chi connectivity index (χ1) is 21.3. The highest BCUT2D eigenvalue weighted by atomic mass is 32.2. The van der Waals surface area contributed by atoms with Crippen LogP contribution in [-0.2, 0) is 32.8 Å². The van der Waals surface area contributed by atoms with Gasteiger partial charge in [-0.3, -0.25) is 0 Å². The Hall–Kier alpha value is -3.73. The van der Waals surface area contributed by atoms with Gasteiger partial charge in [-0.15, -0.1) is 0 Å². The zero-order chi connectivity index (χ0) is 30.6. The Bertz CT molecular complexity index is 1480. The summed E-state index contributed by atoms with van der Waals surface area (Å²) in [5.74, 6) is 0.339. The normalized spacial score (nSPS) is 24.7. The van der Waals surface area contributed by atoms with Crippen molar-refractivity contribution in [3.63, 3.8) is 0 Å². The van der Waals surface area contributed by atoms with E-state index in [9.17, 15) is 0 Å². The Morgan fingerprint density at radius 2 is 0.932 bits per heavy atom. The molecule has 2 fully saturated rings. The molecule has 0 aliphatic carbocycles. The van der Waals surface area contributed by atoms with Gasteiger partial charge in [0.05, 0.1) is 12.1 Å². The van der Waals surface area contributed by atoms with Crippen LogP contribution in [0.3, 0.4) is 0 Å². The van der Waals surface area contributed by atoms with E-state index < -0.39 is 40.3 Å². The van der Waals surface area contributed by atoms with Crippen LogP contribution < -0.4 is 9.47 Å². The Balaban J connectivity index is 1.46. The van der Waals surface area contributed by atoms with Gasteiger partial charge >= 0.3 is 0 Å². The van der Waals surface area contributed by atoms with E-state index in [1.54, 1.807) is 0 Å². The van der Waals surface area contributed by atoms with Crippen molar-refractivity contribution in [3.8, 4) is 11.5 Å². The zero-order valence-corrected chi connectivity index (χ0v) is 25.8. The summed E-state index contributed by atoms with van der Waals surface area (Å²) in [6, 6.07) is 36.6. The van der Waals surface area contributed by atoms with E-state index in [1.807, 2.05) is 135 Å². The minimum absolute atomic E-state index is 0.0716. The van der Waals surface area contributed by atoms with Crippen LogP contribution in [0.2, 0.25) is 0 Å². The number of fused-ring (bicyclic) bond motifs is 1. The van der Waals surface area contributed by atoms with Crippen molar-refractivity contribution in [1.82, 2.24) is 8.61 Å². The molecule has 6 rings (SSSR count). The average Bonchev–Trinajstić information content (AvgIpc) is 3.34. The number of benzene rings is 4. The molecule has 0 aromatic heterocycles. The van der Waals surface area contributed by atoms with Gasteiger partial charge in [-0.25, -0.2) is 0 Å². The molecule has 2 saturated heterocycles. The second-order valence-electron chi connectivity index (χ2n) is 11.5. The predicted molar refractivity (Wildman–Crippen MR) is 168 cm³/mol. The van der Waals surface area contributed by atoms with Gasteiger partial charge < -0.3 is 18.9 Å². The van der Waals surface area contributed by atoms with Crippen molar-refractivity contribution < 1.29 is 27.4 Å². The van der Waals surface area contributed by atoms with Crippen LogP contribution in [0.15, 0.2) is 121 Å². The Morgan fingerprint density at radius 1 is 0.591 bits per heavy atom. The molecule has 0 saturated carbocycles. The maximum absolute atomic E-state index is 15.0. The molecular weight excluding hydrogens is 576 g/mol. The van der Waals surface area contributed by atoms with Gasteiger partial charge in [0.2, 0.25) is 0 Å². The van der Waals surface area contributed by atoms with E-state index in [4.69, 9.17) is 18.9 Å². The van der Waals surface area contributed by atoms with E-state index in [1.165, 1.54) is 8.61 Å². The molecule has 4 aromatic rings. The van der Waals surface area contributed by atoms with E-state index in [0.29, 0.717) is 11.5 Å². The molecule has 0 bridgehead atoms. The van der Waals surface area contributed by atoms with Crippen LogP contribution in [0, 0.1) is 0 Å². The van der Waals surface area contributed by atoms with Crippen LogP contribution in [0.5, 0.6) is 11.5 Å². The number of rotatable bonds is 10. The molecule has 0 N–H and O–H groups in total. The summed E-state index contributed by atoms with van der Waals surface area (Å²) in [7, 11) is -4.14. The van der Waals surface area contributed by atoms with Crippen molar-refractivity contribution in [2.24, 2.45) is 0 Å². The summed E-state index contributed by atoms with van der Waals surface area (Å²) in [6.45, 7) is 4.14. The third-order valence-electron chi connectivity index (χ3n) is 7.94. The van der Waals surface area contributed by atoms with E-state index in [2.05, 4.69) is 0 Å². The molecule has 0 radical (unpaired) electrons. The van der Waals surface area contributed by atoms with Gasteiger partial charge in [0.1, 0.15) is 36.9 Å². The first kappa shape index (κ1) is 30.3. The van der Waals surface area contributed by atoms with Crippen molar-refractivity contribution in [1.29, 1.82) is 0 Å². The maximum atomic E-state index is 15.0. The molecule has 0 unspecified atom stereocenters. The maximum Gasteiger partial charge on any atom is 0.283 e. The molecule has 9 heteroatoms. The van der Waals surface area contributed by atoms with Gasteiger partial charge in [0, 0.05) is 13.1 Å². The molecule has 2 heterocycles. The van der Waals surface area contributed by atoms with E-state index in [-0.39, 0.29) is 26.3 Å². The van der Waals surface area contributed by atoms with E-state index >= 15 is 8.42 Å². The molecule has 0 amide bonds. The highest BCUT2D eigenvalue weighted by molar-refractivity contribution is 7.86. The van der Waals surface area contributed by atoms with Gasteiger partial charge in [-0.05, 0) is 49.2 Å². The minimum atomic E-state index is -4.14. The molecule has 0 spiro atoms. The lowest BCUT2D eigenvalue weighted by Gasteiger charge is -2.36. The summed E-state index contributed by atoms with van der Waals surface area (Å²) in [5, 5.41) is 0. The second-order valence-corrected chi connectivity index (χ2v) is 13.4. The predicted octanol–water partition coefficient (Wildman–Crippen LogP) is 5.66. The smallest absolute Gasteiger partial charge is 0.283 e. The summed E-state index contributed by atoms with van der Waals surface area (Å²) < 4.78 is 58.8. The fraction of sp³-hybridized carbons (Fsp3) is 0.314. The average molecular weight is 615 g/mol. The van der Waals surface area contributed by atoms with Gasteiger partial charge in [-0.1, -0.05) is 97.1 Å². The van der Waals surface area contributed by atoms with Crippen LogP contribution >= 0.6 is 0 Å². The number of ether oxygens (including phenoxy) is 4. The van der Waals surface area contributed by atoms with Crippen LogP contribution in [-0.4, -0.2) is 60.3 Å². The molecule has 2 aliphatic heterocycles. The largest absolute Gasteiger partial charge is 0.492 e. The van der Waals surface area contributed by atoms with Crippen molar-refractivity contribution in [3.05, 3.63) is 132 Å². The zero-order valence-electron chi connectivity index (χ0n) is 24.9. The third kappa shape index (κ3) is 6.82. The first-order valence-electron chi connectivity index (χ1n) is 14.9. The van der Waals surface area contributed by atoms with E-state index in [0.717, 1.165) is 11.1 Å². The van der Waals surface area contributed by atoms with Crippen molar-refractivity contribution >= 4 is 10.2 Å². The fourth-order valence-electron chi connectivity index (χ4n) is 5.89. The fourth-order valence-corrected chi connectivity index (χ4v) is 7.83. The van der Waals surface area contributed by atoms with Crippen molar-refractivity contribution in [2.45, 2.75) is 57.0 Å². The Kier molecular flexibility index (Phi) is 9.02. The van der Waals surface area contributed by atoms with Gasteiger partial charge in [0.25, 0.3) is 10.2 Å². The summed E-state index contributed by atoms with van der Waals surface area (Å²) in [4.78, 5) is 0. The van der Waals surface area contributed by atoms with Crippen LogP contribution in [0.4, 0.5) is 0 Å². The molecule has 8 nitrogen and oxygen atoms in total. The van der Waals surface area contributed by atoms with Crippen LogP contribution in [0.25, 0.3) is 0 Å². The van der Waals surface area contributed by atoms with Gasteiger partial charge in [0.15, 0.2) is 5.79 Å².